The SMILES string of the molecule is CC1(S(=O)(=O)c2cccc(C(F)(F)F)c2)CCOC(c2cc(C(F)(F)F)n[nH]2)C1. The summed E-state index contributed by atoms with van der Waals surface area (Å²) in [5.41, 5.74) is -2.33. The zero-order valence-electron chi connectivity index (χ0n) is 14.9. The predicted octanol–water partition coefficient (Wildman–Crippen LogP) is 4.53. The largest absolute Gasteiger partial charge is 0.435 e. The molecule has 0 amide bonds. The number of H-pyrrole nitrogens is 1. The van der Waals surface area contributed by atoms with Crippen LogP contribution in [0.2, 0.25) is 0 Å². The van der Waals surface area contributed by atoms with Crippen LogP contribution in [0.1, 0.15) is 42.8 Å². The molecular formula is C17H16F6N2O3S. The van der Waals surface area contributed by atoms with Gasteiger partial charge in [-0.25, -0.2) is 8.42 Å². The highest BCUT2D eigenvalue weighted by atomic mass is 32.2. The highest BCUT2D eigenvalue weighted by Crippen LogP contribution is 2.43. The maximum atomic E-state index is 13.1. The van der Waals surface area contributed by atoms with E-state index in [-0.39, 0.29) is 25.1 Å². The summed E-state index contributed by atoms with van der Waals surface area (Å²) in [6.07, 6.45) is -10.7. The number of rotatable bonds is 3. The van der Waals surface area contributed by atoms with Crippen molar-refractivity contribution >= 4 is 9.84 Å². The first-order valence-corrected chi connectivity index (χ1v) is 9.88. The molecule has 0 saturated carbocycles. The summed E-state index contributed by atoms with van der Waals surface area (Å²) in [5.74, 6) is 0. The lowest BCUT2D eigenvalue weighted by molar-refractivity contribution is -0.141. The van der Waals surface area contributed by atoms with Crippen molar-refractivity contribution in [2.24, 2.45) is 0 Å². The Labute approximate surface area is 162 Å². The van der Waals surface area contributed by atoms with Gasteiger partial charge in [-0.15, -0.1) is 0 Å². The van der Waals surface area contributed by atoms with E-state index >= 15 is 0 Å². The maximum absolute atomic E-state index is 13.1. The minimum absolute atomic E-state index is 0.0255. The molecule has 2 heterocycles. The summed E-state index contributed by atoms with van der Waals surface area (Å²) in [6, 6.07) is 4.12. The van der Waals surface area contributed by atoms with Gasteiger partial charge >= 0.3 is 12.4 Å². The second-order valence-corrected chi connectivity index (χ2v) is 9.46. The smallest absolute Gasteiger partial charge is 0.372 e. The fourth-order valence-corrected chi connectivity index (χ4v) is 5.02. The molecule has 0 aliphatic carbocycles. The molecule has 29 heavy (non-hydrogen) atoms. The first kappa shape index (κ1) is 21.6. The van der Waals surface area contributed by atoms with Crippen molar-refractivity contribution in [1.29, 1.82) is 0 Å². The lowest BCUT2D eigenvalue weighted by Crippen LogP contribution is -2.42. The van der Waals surface area contributed by atoms with Crippen LogP contribution in [-0.2, 0) is 26.9 Å². The highest BCUT2D eigenvalue weighted by molar-refractivity contribution is 7.92. The summed E-state index contributed by atoms with van der Waals surface area (Å²) < 4.78 is 107. The van der Waals surface area contributed by atoms with E-state index in [1.54, 1.807) is 0 Å². The third-order valence-corrected chi connectivity index (χ3v) is 7.47. The van der Waals surface area contributed by atoms with E-state index in [2.05, 4.69) is 10.2 Å². The Hall–Kier alpha value is -2.08. The lowest BCUT2D eigenvalue weighted by Gasteiger charge is -2.37. The summed E-state index contributed by atoms with van der Waals surface area (Å²) >= 11 is 0. The van der Waals surface area contributed by atoms with Crippen molar-refractivity contribution in [2.75, 3.05) is 6.61 Å². The Balaban J connectivity index is 1.92. The molecule has 1 aliphatic rings. The van der Waals surface area contributed by atoms with Crippen LogP contribution >= 0.6 is 0 Å². The lowest BCUT2D eigenvalue weighted by atomic mass is 9.95. The molecule has 0 radical (unpaired) electrons. The first-order valence-electron chi connectivity index (χ1n) is 8.40. The van der Waals surface area contributed by atoms with E-state index in [1.165, 1.54) is 6.92 Å². The molecule has 1 aliphatic heterocycles. The molecule has 1 saturated heterocycles. The molecule has 0 bridgehead atoms. The number of aromatic nitrogens is 2. The molecule has 1 aromatic heterocycles. The Kier molecular flexibility index (Phi) is 5.23. The quantitative estimate of drug-likeness (QED) is 0.709. The summed E-state index contributed by atoms with van der Waals surface area (Å²) in [5, 5.41) is 5.37. The van der Waals surface area contributed by atoms with Crippen molar-refractivity contribution in [3.05, 3.63) is 47.3 Å². The van der Waals surface area contributed by atoms with Crippen LogP contribution in [0.4, 0.5) is 26.3 Å². The highest BCUT2D eigenvalue weighted by Gasteiger charge is 2.46. The summed E-state index contributed by atoms with van der Waals surface area (Å²) in [7, 11) is -4.24. The number of sulfone groups is 1. The normalized spacial score (nSPS) is 23.9. The zero-order chi connectivity index (χ0) is 21.7. The van der Waals surface area contributed by atoms with E-state index in [0.29, 0.717) is 6.07 Å². The Bertz CT molecular complexity index is 999. The number of benzene rings is 1. The van der Waals surface area contributed by atoms with Gasteiger partial charge in [-0.3, -0.25) is 5.10 Å². The van der Waals surface area contributed by atoms with Crippen LogP contribution in [0.25, 0.3) is 0 Å². The molecule has 160 valence electrons. The molecule has 0 spiro atoms. The average Bonchev–Trinajstić information content (AvgIpc) is 3.12. The Morgan fingerprint density at radius 1 is 1.14 bits per heavy atom. The van der Waals surface area contributed by atoms with Gasteiger partial charge in [0.05, 0.1) is 20.9 Å². The van der Waals surface area contributed by atoms with Crippen LogP contribution in [0.3, 0.4) is 0 Å². The topological polar surface area (TPSA) is 72.1 Å². The first-order chi connectivity index (χ1) is 13.2. The zero-order valence-corrected chi connectivity index (χ0v) is 15.7. The van der Waals surface area contributed by atoms with Gasteiger partial charge in [0.25, 0.3) is 0 Å². The van der Waals surface area contributed by atoms with Gasteiger partial charge < -0.3 is 4.74 Å². The van der Waals surface area contributed by atoms with Gasteiger partial charge in [-0.2, -0.15) is 31.4 Å². The van der Waals surface area contributed by atoms with Crippen LogP contribution in [-0.4, -0.2) is 30.0 Å². The predicted molar refractivity (Wildman–Crippen MR) is 88.6 cm³/mol. The molecule has 3 rings (SSSR count). The van der Waals surface area contributed by atoms with Crippen molar-refractivity contribution in [3.63, 3.8) is 0 Å². The minimum atomic E-state index is -4.71. The molecular weight excluding hydrogens is 426 g/mol. The fraction of sp³-hybridized carbons (Fsp3) is 0.471. The number of halogens is 6. The van der Waals surface area contributed by atoms with Crippen molar-refractivity contribution in [3.8, 4) is 0 Å². The number of ether oxygens (including phenoxy) is 1. The number of nitrogens with one attached hydrogen (secondary N) is 1. The van der Waals surface area contributed by atoms with E-state index in [4.69, 9.17) is 4.74 Å². The third-order valence-electron chi connectivity index (χ3n) is 4.92. The van der Waals surface area contributed by atoms with Gasteiger partial charge in [-0.1, -0.05) is 6.07 Å². The van der Waals surface area contributed by atoms with Gasteiger partial charge in [-0.05, 0) is 44.0 Å². The van der Waals surface area contributed by atoms with Crippen LogP contribution in [0.5, 0.6) is 0 Å². The van der Waals surface area contributed by atoms with E-state index < -0.39 is 49.2 Å². The fourth-order valence-electron chi connectivity index (χ4n) is 3.18. The Morgan fingerprint density at radius 2 is 1.83 bits per heavy atom. The monoisotopic (exact) mass is 442 g/mol. The van der Waals surface area contributed by atoms with E-state index in [1.807, 2.05) is 0 Å². The standard InChI is InChI=1S/C17H16F6N2O3S/c1-15(29(26,27)11-4-2-3-10(7-11)16(18,19)20)5-6-28-13(9-15)12-8-14(25-24-12)17(21,22)23/h2-4,7-8,13H,5-6,9H2,1H3,(H,24,25). The maximum Gasteiger partial charge on any atom is 0.435 e. The minimum Gasteiger partial charge on any atom is -0.372 e. The molecule has 12 heteroatoms. The number of alkyl halides is 6. The number of hydrogen-bond acceptors (Lipinski definition) is 4. The number of nitrogens with zero attached hydrogens (tertiary/aromatic N) is 1. The van der Waals surface area contributed by atoms with Crippen LogP contribution in [0.15, 0.2) is 35.2 Å². The van der Waals surface area contributed by atoms with Gasteiger partial charge in [0.15, 0.2) is 15.5 Å². The van der Waals surface area contributed by atoms with Crippen molar-refractivity contribution in [2.45, 2.75) is 47.9 Å². The number of aromatic amines is 1. The van der Waals surface area contributed by atoms with Crippen molar-refractivity contribution < 1.29 is 39.5 Å². The van der Waals surface area contributed by atoms with E-state index in [0.717, 1.165) is 24.3 Å². The summed E-state index contributed by atoms with van der Waals surface area (Å²) in [6.45, 7) is 1.25. The molecule has 1 N–H and O–H groups in total. The second-order valence-electron chi connectivity index (χ2n) is 7.00. The molecule has 2 atom stereocenters. The van der Waals surface area contributed by atoms with Gasteiger partial charge in [0.2, 0.25) is 0 Å². The van der Waals surface area contributed by atoms with Crippen LogP contribution in [0, 0.1) is 0 Å². The van der Waals surface area contributed by atoms with Gasteiger partial charge in [0.1, 0.15) is 6.10 Å². The molecule has 2 unspecified atom stereocenters. The van der Waals surface area contributed by atoms with Crippen LogP contribution < -0.4 is 0 Å². The molecule has 2 aromatic rings. The Morgan fingerprint density at radius 3 is 2.41 bits per heavy atom. The third kappa shape index (κ3) is 4.13. The number of hydrogen-bond donors (Lipinski definition) is 1. The molecule has 1 aromatic carbocycles. The molecule has 5 nitrogen and oxygen atoms in total. The average molecular weight is 442 g/mol. The van der Waals surface area contributed by atoms with Crippen molar-refractivity contribution in [1.82, 2.24) is 10.2 Å². The van der Waals surface area contributed by atoms with E-state index in [9.17, 15) is 34.8 Å². The van der Waals surface area contributed by atoms with Gasteiger partial charge in [0, 0.05) is 6.61 Å². The molecule has 1 fully saturated rings. The second kappa shape index (κ2) is 7.01. The summed E-state index contributed by atoms with van der Waals surface area (Å²) in [4.78, 5) is -0.504.